The summed E-state index contributed by atoms with van der Waals surface area (Å²) in [7, 11) is 0. The van der Waals surface area contributed by atoms with E-state index in [0.717, 1.165) is 6.42 Å². The third-order valence-electron chi connectivity index (χ3n) is 2.36. The van der Waals surface area contributed by atoms with Crippen molar-refractivity contribution in [1.82, 2.24) is 0 Å². The van der Waals surface area contributed by atoms with Crippen molar-refractivity contribution < 1.29 is 24.1 Å². The topological polar surface area (TPSA) is 63.8 Å². The molecule has 5 nitrogen and oxygen atoms in total. The third-order valence-corrected chi connectivity index (χ3v) is 2.36. The Bertz CT molecular complexity index is 184. The highest BCUT2D eigenvalue weighted by Gasteiger charge is 2.35. The quantitative estimate of drug-likeness (QED) is 0.468. The van der Waals surface area contributed by atoms with Crippen molar-refractivity contribution in [1.29, 1.82) is 0 Å². The SMILES string of the molecule is CCCC(O)(OCC1CO1)OCC1CO1. The van der Waals surface area contributed by atoms with Crippen LogP contribution in [0.3, 0.4) is 0 Å². The Morgan fingerprint density at radius 2 is 1.67 bits per heavy atom. The Hall–Kier alpha value is -0.200. The van der Waals surface area contributed by atoms with Crippen LogP contribution in [0.2, 0.25) is 0 Å². The van der Waals surface area contributed by atoms with Gasteiger partial charge in [-0.05, 0) is 6.42 Å². The van der Waals surface area contributed by atoms with Crippen molar-refractivity contribution in [3.05, 3.63) is 0 Å². The van der Waals surface area contributed by atoms with Gasteiger partial charge in [-0.15, -0.1) is 0 Å². The highest BCUT2D eigenvalue weighted by atomic mass is 16.8. The Morgan fingerprint density at radius 3 is 2.00 bits per heavy atom. The minimum atomic E-state index is -1.47. The molecule has 0 saturated carbocycles. The van der Waals surface area contributed by atoms with Gasteiger partial charge in [0, 0.05) is 6.42 Å². The molecule has 2 heterocycles. The predicted octanol–water partition coefficient (Wildman–Crippen LogP) is 0.263. The van der Waals surface area contributed by atoms with E-state index in [1.165, 1.54) is 0 Å². The molecule has 0 aromatic rings. The number of hydrogen-bond acceptors (Lipinski definition) is 5. The van der Waals surface area contributed by atoms with E-state index in [1.807, 2.05) is 6.92 Å². The standard InChI is InChI=1S/C10H18O5/c1-2-3-10(11,14-6-8-4-12-8)15-7-9-5-13-9/h8-9,11H,2-7H2,1H3. The van der Waals surface area contributed by atoms with E-state index in [9.17, 15) is 5.11 Å². The van der Waals surface area contributed by atoms with E-state index >= 15 is 0 Å². The molecule has 0 spiro atoms. The zero-order valence-corrected chi connectivity index (χ0v) is 8.98. The van der Waals surface area contributed by atoms with Crippen LogP contribution in [0.1, 0.15) is 19.8 Å². The average molecular weight is 218 g/mol. The van der Waals surface area contributed by atoms with E-state index < -0.39 is 5.97 Å². The average Bonchev–Trinajstić information content (AvgIpc) is 3.05. The first-order valence-corrected chi connectivity index (χ1v) is 5.45. The van der Waals surface area contributed by atoms with E-state index in [4.69, 9.17) is 18.9 Å². The van der Waals surface area contributed by atoms with Gasteiger partial charge in [0.25, 0.3) is 5.97 Å². The molecule has 88 valence electrons. The van der Waals surface area contributed by atoms with Gasteiger partial charge in [0.2, 0.25) is 0 Å². The molecular formula is C10H18O5. The minimum absolute atomic E-state index is 0.133. The lowest BCUT2D eigenvalue weighted by molar-refractivity contribution is -0.364. The second kappa shape index (κ2) is 4.76. The first-order valence-electron chi connectivity index (χ1n) is 5.45. The Morgan fingerprint density at radius 1 is 1.20 bits per heavy atom. The van der Waals surface area contributed by atoms with Gasteiger partial charge in [0.05, 0.1) is 26.4 Å². The highest BCUT2D eigenvalue weighted by Crippen LogP contribution is 2.22. The lowest BCUT2D eigenvalue weighted by atomic mass is 10.3. The van der Waals surface area contributed by atoms with Gasteiger partial charge in [-0.3, -0.25) is 0 Å². The maximum atomic E-state index is 10.0. The second-order valence-corrected chi connectivity index (χ2v) is 4.00. The molecule has 0 bridgehead atoms. The van der Waals surface area contributed by atoms with Crippen molar-refractivity contribution in [2.75, 3.05) is 26.4 Å². The molecule has 0 amide bonds. The van der Waals surface area contributed by atoms with Gasteiger partial charge >= 0.3 is 0 Å². The second-order valence-electron chi connectivity index (χ2n) is 4.00. The predicted molar refractivity (Wildman–Crippen MR) is 51.2 cm³/mol. The van der Waals surface area contributed by atoms with Crippen molar-refractivity contribution in [3.63, 3.8) is 0 Å². The van der Waals surface area contributed by atoms with Gasteiger partial charge in [0.1, 0.15) is 12.2 Å². The molecule has 2 aliphatic rings. The molecule has 0 radical (unpaired) electrons. The molecule has 5 heteroatoms. The van der Waals surface area contributed by atoms with Crippen LogP contribution in [0.15, 0.2) is 0 Å². The minimum Gasteiger partial charge on any atom is -0.371 e. The summed E-state index contributed by atoms with van der Waals surface area (Å²) in [5.74, 6) is -1.47. The van der Waals surface area contributed by atoms with Crippen molar-refractivity contribution in [3.8, 4) is 0 Å². The normalized spacial score (nSPS) is 32.4. The van der Waals surface area contributed by atoms with Crippen LogP contribution in [0.4, 0.5) is 0 Å². The van der Waals surface area contributed by atoms with Crippen LogP contribution >= 0.6 is 0 Å². The van der Waals surface area contributed by atoms with Crippen LogP contribution in [0.5, 0.6) is 0 Å². The summed E-state index contributed by atoms with van der Waals surface area (Å²) >= 11 is 0. The molecule has 2 saturated heterocycles. The summed E-state index contributed by atoms with van der Waals surface area (Å²) in [5, 5.41) is 10.0. The van der Waals surface area contributed by atoms with E-state index in [1.54, 1.807) is 0 Å². The molecule has 2 unspecified atom stereocenters. The van der Waals surface area contributed by atoms with Gasteiger partial charge in [-0.2, -0.15) is 0 Å². The summed E-state index contributed by atoms with van der Waals surface area (Å²) in [6.07, 6.45) is 1.53. The number of rotatable bonds is 8. The molecule has 15 heavy (non-hydrogen) atoms. The van der Waals surface area contributed by atoms with Crippen molar-refractivity contribution >= 4 is 0 Å². The lowest BCUT2D eigenvalue weighted by Crippen LogP contribution is -2.38. The molecule has 1 N–H and O–H groups in total. The van der Waals surface area contributed by atoms with Crippen LogP contribution in [0, 0.1) is 0 Å². The first kappa shape index (κ1) is 11.3. The molecule has 2 aliphatic heterocycles. The molecule has 0 aromatic carbocycles. The maximum Gasteiger partial charge on any atom is 0.280 e. The fourth-order valence-corrected chi connectivity index (χ4v) is 1.28. The van der Waals surface area contributed by atoms with E-state index in [-0.39, 0.29) is 12.2 Å². The van der Waals surface area contributed by atoms with E-state index in [0.29, 0.717) is 32.8 Å². The molecule has 2 atom stereocenters. The zero-order valence-electron chi connectivity index (χ0n) is 8.98. The number of hydrogen-bond donors (Lipinski definition) is 1. The van der Waals surface area contributed by atoms with Gasteiger partial charge in [-0.25, -0.2) is 0 Å². The molecular weight excluding hydrogens is 200 g/mol. The third kappa shape index (κ3) is 4.04. The highest BCUT2D eigenvalue weighted by molar-refractivity contribution is 4.71. The molecule has 0 aliphatic carbocycles. The number of epoxide rings is 2. The van der Waals surface area contributed by atoms with Gasteiger partial charge in [-0.1, -0.05) is 6.92 Å². The Kier molecular flexibility index (Phi) is 3.58. The molecule has 2 fully saturated rings. The van der Waals surface area contributed by atoms with Crippen LogP contribution in [0.25, 0.3) is 0 Å². The maximum absolute atomic E-state index is 10.0. The van der Waals surface area contributed by atoms with Gasteiger partial charge < -0.3 is 24.1 Å². The zero-order chi connectivity index (χ0) is 10.7. The Balaban J connectivity index is 1.70. The fourth-order valence-electron chi connectivity index (χ4n) is 1.28. The summed E-state index contributed by atoms with van der Waals surface area (Å²) in [6, 6.07) is 0. The summed E-state index contributed by atoms with van der Waals surface area (Å²) < 4.78 is 20.7. The number of ether oxygens (including phenoxy) is 4. The lowest BCUT2D eigenvalue weighted by Gasteiger charge is -2.27. The van der Waals surface area contributed by atoms with Crippen LogP contribution in [-0.2, 0) is 18.9 Å². The first-order chi connectivity index (χ1) is 7.22. The van der Waals surface area contributed by atoms with Gasteiger partial charge in [0.15, 0.2) is 0 Å². The summed E-state index contributed by atoms with van der Waals surface area (Å²) in [6.45, 7) is 4.19. The van der Waals surface area contributed by atoms with Crippen molar-refractivity contribution in [2.45, 2.75) is 37.9 Å². The monoisotopic (exact) mass is 218 g/mol. The summed E-state index contributed by atoms with van der Waals surface area (Å²) in [4.78, 5) is 0. The smallest absolute Gasteiger partial charge is 0.280 e. The fraction of sp³-hybridized carbons (Fsp3) is 1.00. The van der Waals surface area contributed by atoms with Crippen molar-refractivity contribution in [2.24, 2.45) is 0 Å². The van der Waals surface area contributed by atoms with Crippen LogP contribution < -0.4 is 0 Å². The number of aliphatic hydroxyl groups is 1. The largest absolute Gasteiger partial charge is 0.371 e. The molecule has 2 rings (SSSR count). The summed E-state index contributed by atoms with van der Waals surface area (Å²) in [5.41, 5.74) is 0. The Labute approximate surface area is 89.3 Å². The van der Waals surface area contributed by atoms with Crippen LogP contribution in [-0.4, -0.2) is 49.7 Å². The van der Waals surface area contributed by atoms with E-state index in [2.05, 4.69) is 0 Å². The molecule has 0 aromatic heterocycles.